The molecule has 0 aliphatic rings. The molecule has 0 amide bonds. The number of rotatable bonds is 4. The van der Waals surface area contributed by atoms with E-state index in [-0.39, 0.29) is 0 Å². The van der Waals surface area contributed by atoms with Gasteiger partial charge in [-0.05, 0) is 41.2 Å². The SMILES string of the molecule is CC(C)Cc1cccc(-c2ccc(Cl)c(C=O)c2)c1. The van der Waals surface area contributed by atoms with E-state index < -0.39 is 0 Å². The molecule has 2 heteroatoms. The molecule has 19 heavy (non-hydrogen) atoms. The van der Waals surface area contributed by atoms with Crippen LogP contribution in [0, 0.1) is 5.92 Å². The lowest BCUT2D eigenvalue weighted by Crippen LogP contribution is -1.94. The van der Waals surface area contributed by atoms with E-state index >= 15 is 0 Å². The molecule has 0 aliphatic carbocycles. The van der Waals surface area contributed by atoms with E-state index in [0.717, 1.165) is 23.8 Å². The van der Waals surface area contributed by atoms with Crippen LogP contribution in [0.15, 0.2) is 42.5 Å². The van der Waals surface area contributed by atoms with Crippen LogP contribution in [0.3, 0.4) is 0 Å². The molecule has 0 aromatic heterocycles. The van der Waals surface area contributed by atoms with E-state index in [1.807, 2.05) is 12.1 Å². The Morgan fingerprint density at radius 1 is 1.11 bits per heavy atom. The lowest BCUT2D eigenvalue weighted by molar-refractivity contribution is 0.112. The van der Waals surface area contributed by atoms with Crippen LogP contribution in [0.2, 0.25) is 5.02 Å². The van der Waals surface area contributed by atoms with Gasteiger partial charge in [-0.15, -0.1) is 0 Å². The number of benzene rings is 2. The maximum Gasteiger partial charge on any atom is 0.151 e. The molecular formula is C17H17ClO. The number of hydrogen-bond acceptors (Lipinski definition) is 1. The van der Waals surface area contributed by atoms with Crippen molar-refractivity contribution in [3.8, 4) is 11.1 Å². The summed E-state index contributed by atoms with van der Waals surface area (Å²) < 4.78 is 0. The quantitative estimate of drug-likeness (QED) is 0.715. The molecule has 2 aromatic carbocycles. The molecule has 2 aromatic rings. The van der Waals surface area contributed by atoms with Crippen molar-refractivity contribution in [2.75, 3.05) is 0 Å². The number of hydrogen-bond donors (Lipinski definition) is 0. The van der Waals surface area contributed by atoms with Gasteiger partial charge < -0.3 is 0 Å². The summed E-state index contributed by atoms with van der Waals surface area (Å²) in [6.07, 6.45) is 1.85. The second kappa shape index (κ2) is 6.03. The molecule has 0 aliphatic heterocycles. The minimum absolute atomic E-state index is 0.497. The summed E-state index contributed by atoms with van der Waals surface area (Å²) in [4.78, 5) is 10.9. The normalized spacial score (nSPS) is 10.7. The lowest BCUT2D eigenvalue weighted by Gasteiger charge is -2.08. The predicted octanol–water partition coefficient (Wildman–Crippen LogP) is 5.02. The van der Waals surface area contributed by atoms with E-state index in [0.29, 0.717) is 16.5 Å². The third kappa shape index (κ3) is 3.45. The zero-order chi connectivity index (χ0) is 13.8. The third-order valence-corrected chi connectivity index (χ3v) is 3.37. The minimum Gasteiger partial charge on any atom is -0.298 e. The Labute approximate surface area is 119 Å². The Morgan fingerprint density at radius 2 is 1.84 bits per heavy atom. The first-order chi connectivity index (χ1) is 9.10. The van der Waals surface area contributed by atoms with E-state index in [1.165, 1.54) is 5.56 Å². The molecule has 0 spiro atoms. The highest BCUT2D eigenvalue weighted by Gasteiger charge is 2.05. The highest BCUT2D eigenvalue weighted by atomic mass is 35.5. The fourth-order valence-electron chi connectivity index (χ4n) is 2.16. The second-order valence-corrected chi connectivity index (χ2v) is 5.56. The Hall–Kier alpha value is -1.60. The van der Waals surface area contributed by atoms with Crippen molar-refractivity contribution in [1.29, 1.82) is 0 Å². The highest BCUT2D eigenvalue weighted by molar-refractivity contribution is 6.33. The van der Waals surface area contributed by atoms with Gasteiger partial charge in [0, 0.05) is 5.56 Å². The van der Waals surface area contributed by atoms with Crippen molar-refractivity contribution in [1.82, 2.24) is 0 Å². The summed E-state index contributed by atoms with van der Waals surface area (Å²) in [6.45, 7) is 4.42. The topological polar surface area (TPSA) is 17.1 Å². The summed E-state index contributed by atoms with van der Waals surface area (Å²) >= 11 is 5.95. The van der Waals surface area contributed by atoms with Gasteiger partial charge in [0.2, 0.25) is 0 Å². The zero-order valence-corrected chi connectivity index (χ0v) is 11.9. The number of halogens is 1. The summed E-state index contributed by atoms with van der Waals surface area (Å²) in [5.41, 5.74) is 4.00. The van der Waals surface area contributed by atoms with Crippen LogP contribution in [0.1, 0.15) is 29.8 Å². The van der Waals surface area contributed by atoms with Crippen LogP contribution in [-0.2, 0) is 6.42 Å². The third-order valence-electron chi connectivity index (χ3n) is 3.03. The summed E-state index contributed by atoms with van der Waals surface area (Å²) in [5.74, 6) is 0.631. The molecule has 0 heterocycles. The Morgan fingerprint density at radius 3 is 2.53 bits per heavy atom. The average Bonchev–Trinajstić information content (AvgIpc) is 2.39. The van der Waals surface area contributed by atoms with Crippen LogP contribution in [-0.4, -0.2) is 6.29 Å². The summed E-state index contributed by atoms with van der Waals surface area (Å²) in [6, 6.07) is 14.0. The van der Waals surface area contributed by atoms with Crippen molar-refractivity contribution in [3.63, 3.8) is 0 Å². The molecule has 0 N–H and O–H groups in total. The van der Waals surface area contributed by atoms with Gasteiger partial charge in [0.1, 0.15) is 0 Å². The number of aldehydes is 1. The maximum absolute atomic E-state index is 10.9. The molecule has 0 saturated heterocycles. The summed E-state index contributed by atoms with van der Waals surface area (Å²) in [5, 5.41) is 0.497. The van der Waals surface area contributed by atoms with Gasteiger partial charge in [-0.3, -0.25) is 4.79 Å². The molecule has 0 saturated carbocycles. The molecule has 1 nitrogen and oxygen atoms in total. The van der Waals surface area contributed by atoms with Gasteiger partial charge in [-0.25, -0.2) is 0 Å². The Balaban J connectivity index is 2.38. The van der Waals surface area contributed by atoms with Crippen LogP contribution in [0.5, 0.6) is 0 Å². The summed E-state index contributed by atoms with van der Waals surface area (Å²) in [7, 11) is 0. The van der Waals surface area contributed by atoms with Gasteiger partial charge >= 0.3 is 0 Å². The first-order valence-electron chi connectivity index (χ1n) is 6.44. The van der Waals surface area contributed by atoms with Crippen LogP contribution < -0.4 is 0 Å². The smallest absolute Gasteiger partial charge is 0.151 e. The van der Waals surface area contributed by atoms with Crippen LogP contribution in [0.25, 0.3) is 11.1 Å². The van der Waals surface area contributed by atoms with Gasteiger partial charge in [0.25, 0.3) is 0 Å². The van der Waals surface area contributed by atoms with Gasteiger partial charge in [-0.1, -0.05) is 55.8 Å². The first kappa shape index (κ1) is 13.8. The van der Waals surface area contributed by atoms with Crippen LogP contribution in [0.4, 0.5) is 0 Å². The Kier molecular flexibility index (Phi) is 4.39. The molecular weight excluding hydrogens is 256 g/mol. The first-order valence-corrected chi connectivity index (χ1v) is 6.82. The van der Waals surface area contributed by atoms with Crippen LogP contribution >= 0.6 is 11.6 Å². The molecule has 0 bridgehead atoms. The van der Waals surface area contributed by atoms with Crippen molar-refractivity contribution in [2.45, 2.75) is 20.3 Å². The number of carbonyl (C=O) groups excluding carboxylic acids is 1. The zero-order valence-electron chi connectivity index (χ0n) is 11.2. The predicted molar refractivity (Wildman–Crippen MR) is 80.8 cm³/mol. The van der Waals surface area contributed by atoms with Gasteiger partial charge in [0.15, 0.2) is 6.29 Å². The molecule has 0 radical (unpaired) electrons. The molecule has 0 atom stereocenters. The molecule has 98 valence electrons. The van der Waals surface area contributed by atoms with E-state index in [4.69, 9.17) is 11.6 Å². The molecule has 2 rings (SSSR count). The van der Waals surface area contributed by atoms with E-state index in [9.17, 15) is 4.79 Å². The fraction of sp³-hybridized carbons (Fsp3) is 0.235. The lowest BCUT2D eigenvalue weighted by atomic mass is 9.97. The second-order valence-electron chi connectivity index (χ2n) is 5.15. The molecule has 0 fully saturated rings. The fourth-order valence-corrected chi connectivity index (χ4v) is 2.32. The molecule has 0 unspecified atom stereocenters. The van der Waals surface area contributed by atoms with E-state index in [2.05, 4.69) is 38.1 Å². The monoisotopic (exact) mass is 272 g/mol. The standard InChI is InChI=1S/C17H17ClO/c1-12(2)8-13-4-3-5-14(9-13)15-6-7-17(18)16(10-15)11-19/h3-7,9-12H,8H2,1-2H3. The van der Waals surface area contributed by atoms with Gasteiger partial charge in [-0.2, -0.15) is 0 Å². The number of carbonyl (C=O) groups is 1. The van der Waals surface area contributed by atoms with Gasteiger partial charge in [0.05, 0.1) is 5.02 Å². The van der Waals surface area contributed by atoms with Crippen molar-refractivity contribution in [3.05, 3.63) is 58.6 Å². The maximum atomic E-state index is 10.9. The average molecular weight is 273 g/mol. The largest absolute Gasteiger partial charge is 0.298 e. The van der Waals surface area contributed by atoms with Crippen molar-refractivity contribution in [2.24, 2.45) is 5.92 Å². The van der Waals surface area contributed by atoms with Crippen molar-refractivity contribution >= 4 is 17.9 Å². The minimum atomic E-state index is 0.497. The Bertz CT molecular complexity index is 588. The van der Waals surface area contributed by atoms with E-state index in [1.54, 1.807) is 6.07 Å². The van der Waals surface area contributed by atoms with Crippen molar-refractivity contribution < 1.29 is 4.79 Å². The highest BCUT2D eigenvalue weighted by Crippen LogP contribution is 2.25.